The van der Waals surface area contributed by atoms with E-state index in [9.17, 15) is 9.59 Å². The van der Waals surface area contributed by atoms with E-state index in [1.165, 1.54) is 4.57 Å². The lowest BCUT2D eigenvalue weighted by atomic mass is 9.60. The van der Waals surface area contributed by atoms with Crippen LogP contribution in [-0.4, -0.2) is 13.9 Å². The molecule has 0 spiro atoms. The molecule has 0 N–H and O–H groups in total. The first-order chi connectivity index (χ1) is 10.9. The number of benzene rings is 1. The van der Waals surface area contributed by atoms with Crippen molar-refractivity contribution in [2.75, 3.05) is 0 Å². The van der Waals surface area contributed by atoms with E-state index in [4.69, 9.17) is 0 Å². The van der Waals surface area contributed by atoms with E-state index in [1.54, 1.807) is 9.36 Å². The Morgan fingerprint density at radius 1 is 0.957 bits per heavy atom. The second-order valence-electron chi connectivity index (χ2n) is 8.40. The fraction of sp³-hybridized carbons (Fsp3) is 0.556. The lowest BCUT2D eigenvalue weighted by Gasteiger charge is -2.45. The van der Waals surface area contributed by atoms with Crippen LogP contribution in [0.2, 0.25) is 0 Å². The van der Waals surface area contributed by atoms with Crippen LogP contribution in [0.5, 0.6) is 0 Å². The van der Waals surface area contributed by atoms with Crippen molar-refractivity contribution in [2.45, 2.75) is 39.3 Å². The van der Waals surface area contributed by atoms with E-state index >= 15 is 0 Å². The lowest BCUT2D eigenvalue weighted by molar-refractivity contribution is 0.0140. The Hall–Kier alpha value is -2.04. The Morgan fingerprint density at radius 2 is 1.61 bits per heavy atom. The Bertz CT molecular complexity index is 1010. The largest absolute Gasteiger partial charge is 0.352 e. The highest BCUT2D eigenvalue weighted by molar-refractivity contribution is 5.46. The molecule has 5 heteroatoms. The first kappa shape index (κ1) is 12.4. The van der Waals surface area contributed by atoms with Crippen LogP contribution < -0.4 is 11.4 Å². The van der Waals surface area contributed by atoms with Crippen molar-refractivity contribution in [3.8, 4) is 5.69 Å². The van der Waals surface area contributed by atoms with Gasteiger partial charge in [0.1, 0.15) is 0 Å². The molecule has 4 aliphatic rings. The van der Waals surface area contributed by atoms with Gasteiger partial charge in [-0.1, -0.05) is 39.0 Å². The van der Waals surface area contributed by atoms with Gasteiger partial charge in [-0.05, 0) is 29.4 Å². The first-order valence-electron chi connectivity index (χ1n) is 8.41. The molecule has 0 bridgehead atoms. The Morgan fingerprint density at radius 3 is 2.26 bits per heavy atom. The minimum atomic E-state index is -0.170. The zero-order chi connectivity index (χ0) is 15.9. The molecule has 3 aliphatic carbocycles. The highest BCUT2D eigenvalue weighted by Gasteiger charge is 2.99. The molecule has 5 nitrogen and oxygen atoms in total. The summed E-state index contributed by atoms with van der Waals surface area (Å²) in [5.74, 6) is 0.461. The SMILES string of the molecule is C[C@]12C[C@@H]3[C@@H]4[C@H](n5c(=O)n(-c6ccccc6)c(=O)n53)[C@@]1(C)[C@@]42C. The molecule has 6 atom stereocenters. The normalized spacial score (nSPS) is 47.2. The summed E-state index contributed by atoms with van der Waals surface area (Å²) >= 11 is 0. The number of nitrogens with zero attached hydrogens (tertiary/aromatic N) is 3. The van der Waals surface area contributed by atoms with Crippen LogP contribution in [0.1, 0.15) is 39.3 Å². The van der Waals surface area contributed by atoms with Gasteiger partial charge >= 0.3 is 11.4 Å². The van der Waals surface area contributed by atoms with Crippen LogP contribution >= 0.6 is 0 Å². The number of aromatic nitrogens is 3. The van der Waals surface area contributed by atoms with Gasteiger partial charge in [-0.25, -0.2) is 23.5 Å². The topological polar surface area (TPSA) is 48.9 Å². The molecule has 0 radical (unpaired) electrons. The van der Waals surface area contributed by atoms with Gasteiger partial charge in [0.25, 0.3) is 0 Å². The van der Waals surface area contributed by atoms with Gasteiger partial charge in [-0.15, -0.1) is 0 Å². The summed E-state index contributed by atoms with van der Waals surface area (Å²) in [6.07, 6.45) is 1.03. The number of fused-ring (bicyclic) bond motifs is 5. The quantitative estimate of drug-likeness (QED) is 0.808. The Kier molecular flexibility index (Phi) is 1.61. The van der Waals surface area contributed by atoms with E-state index < -0.39 is 0 Å². The molecular formula is C18H19N3O2. The molecule has 3 fully saturated rings. The van der Waals surface area contributed by atoms with Crippen LogP contribution in [0.15, 0.2) is 39.9 Å². The van der Waals surface area contributed by atoms with Crippen molar-refractivity contribution in [1.29, 1.82) is 0 Å². The van der Waals surface area contributed by atoms with E-state index in [1.807, 2.05) is 30.3 Å². The standard InChI is InChI=1S/C18H19N3O2/c1-16-9-11-12-13(18(16,3)17(12,16)2)21-15(23)19(14(22)20(11)21)10-7-5-4-6-8-10/h4-8,11-13H,9H2,1-3H3/t11-,12-,13+,16-,17+,18-/m1/s1. The number of hydrogen-bond donors (Lipinski definition) is 0. The molecule has 0 saturated heterocycles. The third-order valence-corrected chi connectivity index (χ3v) is 8.54. The predicted molar refractivity (Wildman–Crippen MR) is 84.8 cm³/mol. The molecule has 118 valence electrons. The zero-order valence-corrected chi connectivity index (χ0v) is 13.5. The van der Waals surface area contributed by atoms with Crippen molar-refractivity contribution >= 4 is 0 Å². The van der Waals surface area contributed by atoms with E-state index in [-0.39, 0.29) is 34.3 Å². The van der Waals surface area contributed by atoms with Crippen molar-refractivity contribution in [2.24, 2.45) is 22.2 Å². The smallest absolute Gasteiger partial charge is 0.245 e. The summed E-state index contributed by atoms with van der Waals surface area (Å²) < 4.78 is 4.92. The molecule has 1 aromatic carbocycles. The van der Waals surface area contributed by atoms with E-state index in [2.05, 4.69) is 20.8 Å². The molecule has 6 rings (SSSR count). The molecule has 0 amide bonds. The molecule has 23 heavy (non-hydrogen) atoms. The molecule has 3 saturated carbocycles. The number of para-hydroxylation sites is 1. The summed E-state index contributed by atoms with van der Waals surface area (Å²) in [6.45, 7) is 7.03. The maximum atomic E-state index is 13.1. The molecule has 2 heterocycles. The molecule has 2 aromatic rings. The van der Waals surface area contributed by atoms with Crippen LogP contribution in [0.3, 0.4) is 0 Å². The van der Waals surface area contributed by atoms with Crippen LogP contribution in [0.25, 0.3) is 5.69 Å². The summed E-state index contributed by atoms with van der Waals surface area (Å²) in [5.41, 5.74) is 1.08. The van der Waals surface area contributed by atoms with E-state index in [0.29, 0.717) is 17.0 Å². The summed E-state index contributed by atoms with van der Waals surface area (Å²) in [6, 6.07) is 9.66. The van der Waals surface area contributed by atoms with Gasteiger partial charge in [0.2, 0.25) is 0 Å². The van der Waals surface area contributed by atoms with Gasteiger partial charge in [-0.2, -0.15) is 0 Å². The van der Waals surface area contributed by atoms with Gasteiger partial charge in [0.05, 0.1) is 17.8 Å². The second kappa shape index (κ2) is 2.99. The van der Waals surface area contributed by atoms with Gasteiger partial charge in [0.15, 0.2) is 0 Å². The zero-order valence-electron chi connectivity index (χ0n) is 13.5. The predicted octanol–water partition coefficient (Wildman–Crippen LogP) is 1.96. The van der Waals surface area contributed by atoms with Crippen LogP contribution in [0, 0.1) is 22.2 Å². The lowest BCUT2D eigenvalue weighted by Crippen LogP contribution is -2.47. The molecule has 1 aliphatic heterocycles. The van der Waals surface area contributed by atoms with Gasteiger partial charge in [-0.3, -0.25) is 0 Å². The van der Waals surface area contributed by atoms with Crippen LogP contribution in [0.4, 0.5) is 0 Å². The summed E-state index contributed by atoms with van der Waals surface area (Å²) in [5, 5.41) is 0. The second-order valence-corrected chi connectivity index (χ2v) is 8.40. The molecule has 1 aromatic heterocycles. The fourth-order valence-corrected chi connectivity index (χ4v) is 7.24. The van der Waals surface area contributed by atoms with Crippen molar-refractivity contribution in [3.63, 3.8) is 0 Å². The maximum Gasteiger partial charge on any atom is 0.352 e. The minimum Gasteiger partial charge on any atom is -0.245 e. The minimum absolute atomic E-state index is 0.165. The third kappa shape index (κ3) is 0.832. The van der Waals surface area contributed by atoms with Crippen molar-refractivity contribution in [3.05, 3.63) is 51.3 Å². The number of hydrogen-bond acceptors (Lipinski definition) is 2. The fourth-order valence-electron chi connectivity index (χ4n) is 7.24. The highest BCUT2D eigenvalue weighted by atomic mass is 16.2. The summed E-state index contributed by atoms with van der Waals surface area (Å²) in [4.78, 5) is 26.1. The third-order valence-electron chi connectivity index (χ3n) is 8.54. The monoisotopic (exact) mass is 309 g/mol. The van der Waals surface area contributed by atoms with Crippen LogP contribution in [-0.2, 0) is 0 Å². The molecule has 0 unspecified atom stereocenters. The van der Waals surface area contributed by atoms with Crippen molar-refractivity contribution < 1.29 is 0 Å². The Labute approximate surface area is 133 Å². The van der Waals surface area contributed by atoms with Crippen molar-refractivity contribution in [1.82, 2.24) is 13.9 Å². The molecular weight excluding hydrogens is 290 g/mol. The highest BCUT2D eigenvalue weighted by Crippen LogP contribution is 3.02. The first-order valence-corrected chi connectivity index (χ1v) is 8.41. The van der Waals surface area contributed by atoms with E-state index in [0.717, 1.165) is 6.42 Å². The maximum absolute atomic E-state index is 13.1. The Balaban J connectivity index is 1.65. The average molecular weight is 309 g/mol. The number of rotatable bonds is 1. The van der Waals surface area contributed by atoms with Gasteiger partial charge in [0, 0.05) is 11.3 Å². The van der Waals surface area contributed by atoms with Gasteiger partial charge < -0.3 is 0 Å². The summed E-state index contributed by atoms with van der Waals surface area (Å²) in [7, 11) is 0. The average Bonchev–Trinajstić information content (AvgIpc) is 2.89.